The highest BCUT2D eigenvalue weighted by Crippen LogP contribution is 2.29. The van der Waals surface area contributed by atoms with Crippen LogP contribution in [0, 0.1) is 0 Å². The topological polar surface area (TPSA) is 57.7 Å². The van der Waals surface area contributed by atoms with Crippen LogP contribution in [0.25, 0.3) is 0 Å². The summed E-state index contributed by atoms with van der Waals surface area (Å²) in [5, 5.41) is 0.441. The van der Waals surface area contributed by atoms with Gasteiger partial charge >= 0.3 is 6.03 Å². The van der Waals surface area contributed by atoms with Crippen LogP contribution in [0.3, 0.4) is 0 Å². The monoisotopic (exact) mass is 350 g/mol. The zero-order valence-corrected chi connectivity index (χ0v) is 14.0. The van der Waals surface area contributed by atoms with Gasteiger partial charge in [0.15, 0.2) is 0 Å². The van der Waals surface area contributed by atoms with Crippen LogP contribution in [0.4, 0.5) is 10.5 Å². The summed E-state index contributed by atoms with van der Waals surface area (Å²) < 4.78 is 26.3. The van der Waals surface area contributed by atoms with Gasteiger partial charge in [0.25, 0.3) is 10.0 Å². The molecular formula is C16H15ClN2O3S. The van der Waals surface area contributed by atoms with Crippen molar-refractivity contribution in [3.8, 4) is 0 Å². The summed E-state index contributed by atoms with van der Waals surface area (Å²) in [6.07, 6.45) is 0. The van der Waals surface area contributed by atoms with Crippen molar-refractivity contribution < 1.29 is 13.2 Å². The minimum Gasteiger partial charge on any atom is -0.289 e. The molecule has 5 nitrogen and oxygen atoms in total. The van der Waals surface area contributed by atoms with Gasteiger partial charge in [-0.3, -0.25) is 4.90 Å². The summed E-state index contributed by atoms with van der Waals surface area (Å²) in [4.78, 5) is 14.2. The highest BCUT2D eigenvalue weighted by molar-refractivity contribution is 7.89. The van der Waals surface area contributed by atoms with Gasteiger partial charge in [-0.2, -0.15) is 0 Å². The largest absolute Gasteiger partial charge is 0.338 e. The Morgan fingerprint density at radius 1 is 1.04 bits per heavy atom. The predicted octanol–water partition coefficient (Wildman–Crippen LogP) is 3.36. The average Bonchev–Trinajstić information content (AvgIpc) is 2.84. The Hall–Kier alpha value is -2.05. The molecule has 2 amide bonds. The fourth-order valence-corrected chi connectivity index (χ4v) is 4.16. The highest BCUT2D eigenvalue weighted by atomic mass is 35.5. The van der Waals surface area contributed by atoms with Crippen LogP contribution < -0.4 is 4.90 Å². The van der Waals surface area contributed by atoms with E-state index in [0.29, 0.717) is 10.7 Å². The van der Waals surface area contributed by atoms with E-state index in [1.807, 2.05) is 25.1 Å². The van der Waals surface area contributed by atoms with Crippen LogP contribution in [0.5, 0.6) is 0 Å². The first-order valence-electron chi connectivity index (χ1n) is 7.08. The van der Waals surface area contributed by atoms with Crippen molar-refractivity contribution in [2.75, 3.05) is 11.4 Å². The summed E-state index contributed by atoms with van der Waals surface area (Å²) in [5.41, 5.74) is 0.679. The summed E-state index contributed by atoms with van der Waals surface area (Å²) in [7, 11) is -3.89. The number of nitrogens with zero attached hydrogens (tertiary/aromatic N) is 2. The molecule has 1 atom stereocenters. The number of carbonyl (C=O) groups excluding carboxylic acids is 1. The van der Waals surface area contributed by atoms with Crippen LogP contribution in [-0.4, -0.2) is 31.3 Å². The third-order valence-corrected chi connectivity index (χ3v) is 5.73. The lowest BCUT2D eigenvalue weighted by molar-refractivity contribution is 0.239. The Kier molecular flexibility index (Phi) is 4.04. The molecule has 1 fully saturated rings. The van der Waals surface area contributed by atoms with Gasteiger partial charge in [0.1, 0.15) is 0 Å². The predicted molar refractivity (Wildman–Crippen MR) is 89.1 cm³/mol. The Morgan fingerprint density at radius 2 is 1.65 bits per heavy atom. The minimum atomic E-state index is -3.89. The quantitative estimate of drug-likeness (QED) is 0.852. The Bertz CT molecular complexity index is 822. The number of sulfonamides is 1. The molecule has 0 aromatic heterocycles. The van der Waals surface area contributed by atoms with Gasteiger partial charge < -0.3 is 0 Å². The number of benzene rings is 2. The molecular weight excluding hydrogens is 336 g/mol. The second-order valence-corrected chi connectivity index (χ2v) is 7.63. The van der Waals surface area contributed by atoms with Crippen molar-refractivity contribution in [1.82, 2.24) is 4.31 Å². The normalized spacial score (nSPS) is 18.5. The maximum atomic E-state index is 12.7. The summed E-state index contributed by atoms with van der Waals surface area (Å²) >= 11 is 5.79. The Labute approximate surface area is 140 Å². The lowest BCUT2D eigenvalue weighted by Gasteiger charge is -2.20. The smallest absolute Gasteiger partial charge is 0.289 e. The fraction of sp³-hybridized carbons (Fsp3) is 0.188. The minimum absolute atomic E-state index is 0.0531. The van der Waals surface area contributed by atoms with Crippen molar-refractivity contribution in [2.24, 2.45) is 0 Å². The first kappa shape index (κ1) is 15.8. The van der Waals surface area contributed by atoms with Crippen LogP contribution in [0.15, 0.2) is 59.5 Å². The molecule has 0 aliphatic carbocycles. The number of carbonyl (C=O) groups is 1. The van der Waals surface area contributed by atoms with E-state index in [2.05, 4.69) is 0 Å². The molecule has 3 rings (SSSR count). The number of anilines is 1. The lowest BCUT2D eigenvalue weighted by Crippen LogP contribution is -2.36. The van der Waals surface area contributed by atoms with E-state index in [1.165, 1.54) is 29.2 Å². The third kappa shape index (κ3) is 2.80. The van der Waals surface area contributed by atoms with Crippen molar-refractivity contribution >= 4 is 33.3 Å². The van der Waals surface area contributed by atoms with Crippen molar-refractivity contribution in [3.63, 3.8) is 0 Å². The average molecular weight is 351 g/mol. The summed E-state index contributed by atoms with van der Waals surface area (Å²) in [5.74, 6) is 0. The van der Waals surface area contributed by atoms with Crippen LogP contribution in [-0.2, 0) is 10.0 Å². The van der Waals surface area contributed by atoms with Crippen molar-refractivity contribution in [1.29, 1.82) is 0 Å². The molecule has 7 heteroatoms. The van der Waals surface area contributed by atoms with Gasteiger partial charge in [0.2, 0.25) is 0 Å². The fourth-order valence-electron chi connectivity index (χ4n) is 2.60. The maximum absolute atomic E-state index is 12.7. The van der Waals surface area contributed by atoms with Crippen LogP contribution >= 0.6 is 11.6 Å². The van der Waals surface area contributed by atoms with E-state index in [0.717, 1.165) is 4.31 Å². The molecule has 0 saturated carbocycles. The standard InChI is InChI=1S/C16H15ClN2O3S/c1-12-11-18(16(20)19(12)14-5-3-2-4-6-14)23(21,22)15-9-7-13(17)8-10-15/h2-10,12H,11H2,1H3. The van der Waals surface area contributed by atoms with E-state index in [-0.39, 0.29) is 17.5 Å². The molecule has 1 unspecified atom stereocenters. The number of amides is 2. The molecule has 23 heavy (non-hydrogen) atoms. The van der Waals surface area contributed by atoms with Gasteiger partial charge in [-0.15, -0.1) is 0 Å². The molecule has 1 heterocycles. The van der Waals surface area contributed by atoms with Gasteiger partial charge in [0, 0.05) is 10.7 Å². The highest BCUT2D eigenvalue weighted by Gasteiger charge is 2.42. The van der Waals surface area contributed by atoms with E-state index in [1.54, 1.807) is 12.1 Å². The van der Waals surface area contributed by atoms with E-state index in [9.17, 15) is 13.2 Å². The van der Waals surface area contributed by atoms with E-state index in [4.69, 9.17) is 11.6 Å². The first-order valence-corrected chi connectivity index (χ1v) is 8.89. The second kappa shape index (κ2) is 5.86. The first-order chi connectivity index (χ1) is 10.9. The SMILES string of the molecule is CC1CN(S(=O)(=O)c2ccc(Cl)cc2)C(=O)N1c1ccccc1. The van der Waals surface area contributed by atoms with Crippen LogP contribution in [0.1, 0.15) is 6.92 Å². The molecule has 2 aromatic rings. The number of hydrogen-bond acceptors (Lipinski definition) is 3. The molecule has 0 spiro atoms. The molecule has 2 aromatic carbocycles. The molecule has 0 bridgehead atoms. The van der Waals surface area contributed by atoms with Gasteiger partial charge in [0.05, 0.1) is 17.5 Å². The lowest BCUT2D eigenvalue weighted by atomic mass is 10.2. The number of hydrogen-bond donors (Lipinski definition) is 0. The number of rotatable bonds is 3. The van der Waals surface area contributed by atoms with Crippen molar-refractivity contribution in [2.45, 2.75) is 17.9 Å². The van der Waals surface area contributed by atoms with Crippen LogP contribution in [0.2, 0.25) is 5.02 Å². The number of para-hydroxylation sites is 1. The van der Waals surface area contributed by atoms with Gasteiger partial charge in [-0.05, 0) is 43.3 Å². The number of urea groups is 1. The molecule has 0 N–H and O–H groups in total. The zero-order valence-electron chi connectivity index (χ0n) is 12.4. The van der Waals surface area contributed by atoms with Crippen molar-refractivity contribution in [3.05, 3.63) is 59.6 Å². The molecule has 120 valence electrons. The maximum Gasteiger partial charge on any atom is 0.338 e. The Morgan fingerprint density at radius 3 is 2.26 bits per heavy atom. The van der Waals surface area contributed by atoms with E-state index >= 15 is 0 Å². The molecule has 0 radical (unpaired) electrons. The second-order valence-electron chi connectivity index (χ2n) is 5.33. The molecule has 1 aliphatic heterocycles. The third-order valence-electron chi connectivity index (χ3n) is 3.73. The molecule has 1 aliphatic rings. The van der Waals surface area contributed by atoms with E-state index < -0.39 is 16.1 Å². The summed E-state index contributed by atoms with van der Waals surface area (Å²) in [6.45, 7) is 1.93. The number of halogens is 1. The summed E-state index contributed by atoms with van der Waals surface area (Å²) in [6, 6.07) is 14.0. The van der Waals surface area contributed by atoms with Gasteiger partial charge in [-0.25, -0.2) is 17.5 Å². The van der Waals surface area contributed by atoms with Gasteiger partial charge in [-0.1, -0.05) is 29.8 Å². The molecule has 1 saturated heterocycles. The Balaban J connectivity index is 1.96. The zero-order chi connectivity index (χ0) is 16.6.